The first-order chi connectivity index (χ1) is 5.00. The summed E-state index contributed by atoms with van der Waals surface area (Å²) in [6.45, 7) is 6.64. The minimum Gasteiger partial charge on any atom is -0.120 e. The summed E-state index contributed by atoms with van der Waals surface area (Å²) in [5, 5.41) is 0. The topological polar surface area (TPSA) is 0 Å². The Morgan fingerprint density at radius 2 is 1.55 bits per heavy atom. The molecular weight excluding hydrogens is 156 g/mol. The van der Waals surface area contributed by atoms with Crippen molar-refractivity contribution in [3.63, 3.8) is 0 Å². The van der Waals surface area contributed by atoms with Gasteiger partial charge in [-0.25, -0.2) is 0 Å². The van der Waals surface area contributed by atoms with E-state index < -0.39 is 0 Å². The normalized spacial score (nSPS) is 33.8. The smallest absolute Gasteiger partial charge is 0.0418 e. The maximum absolute atomic E-state index is 6.26. The van der Waals surface area contributed by atoms with Crippen molar-refractivity contribution in [2.75, 3.05) is 0 Å². The summed E-state index contributed by atoms with van der Waals surface area (Å²) in [4.78, 5) is 0.0279. The summed E-state index contributed by atoms with van der Waals surface area (Å²) in [6, 6.07) is 0. The van der Waals surface area contributed by atoms with Gasteiger partial charge in [0.05, 0.1) is 0 Å². The van der Waals surface area contributed by atoms with Crippen molar-refractivity contribution in [2.24, 2.45) is 11.8 Å². The minimum atomic E-state index is 0.0279. The Morgan fingerprint density at radius 3 is 1.91 bits per heavy atom. The van der Waals surface area contributed by atoms with Crippen LogP contribution in [-0.2, 0) is 0 Å². The Labute approximate surface area is 75.3 Å². The molecule has 0 aromatic heterocycles. The highest BCUT2D eigenvalue weighted by atomic mass is 35.5. The van der Waals surface area contributed by atoms with Crippen molar-refractivity contribution in [3.8, 4) is 0 Å². The minimum absolute atomic E-state index is 0.0279. The fourth-order valence-electron chi connectivity index (χ4n) is 1.95. The Kier molecular flexibility index (Phi) is 2.85. The van der Waals surface area contributed by atoms with Crippen LogP contribution >= 0.6 is 11.6 Å². The number of hydrogen-bond acceptors (Lipinski definition) is 0. The molecule has 0 N–H and O–H groups in total. The second-order valence-electron chi connectivity index (χ2n) is 4.52. The Morgan fingerprint density at radius 1 is 1.09 bits per heavy atom. The molecule has 1 aliphatic rings. The molecule has 1 aliphatic carbocycles. The van der Waals surface area contributed by atoms with Crippen LogP contribution in [0.5, 0.6) is 0 Å². The van der Waals surface area contributed by atoms with Gasteiger partial charge in [-0.1, -0.05) is 19.8 Å². The highest BCUT2D eigenvalue weighted by Crippen LogP contribution is 2.38. The van der Waals surface area contributed by atoms with Crippen LogP contribution in [0.15, 0.2) is 0 Å². The van der Waals surface area contributed by atoms with Crippen LogP contribution in [0.2, 0.25) is 0 Å². The second-order valence-corrected chi connectivity index (χ2v) is 5.50. The fourth-order valence-corrected chi connectivity index (χ4v) is 2.16. The largest absolute Gasteiger partial charge is 0.120 e. The molecule has 0 unspecified atom stereocenters. The van der Waals surface area contributed by atoms with E-state index >= 15 is 0 Å². The number of hydrogen-bond donors (Lipinski definition) is 0. The van der Waals surface area contributed by atoms with Crippen LogP contribution in [0.4, 0.5) is 0 Å². The van der Waals surface area contributed by atoms with Gasteiger partial charge in [0.1, 0.15) is 0 Å². The lowest BCUT2D eigenvalue weighted by Gasteiger charge is -2.34. The Balaban J connectivity index is 2.39. The maximum Gasteiger partial charge on any atom is 0.0418 e. The quantitative estimate of drug-likeness (QED) is 0.530. The number of alkyl halides is 1. The molecule has 0 saturated heterocycles. The van der Waals surface area contributed by atoms with Gasteiger partial charge in [0.2, 0.25) is 0 Å². The Hall–Kier alpha value is 0.290. The summed E-state index contributed by atoms with van der Waals surface area (Å²) in [5.74, 6) is 1.69. The molecule has 0 atom stereocenters. The van der Waals surface area contributed by atoms with Gasteiger partial charge in [0.25, 0.3) is 0 Å². The second kappa shape index (κ2) is 3.35. The molecule has 0 aromatic rings. The Bertz CT molecular complexity index is 115. The van der Waals surface area contributed by atoms with Crippen LogP contribution < -0.4 is 0 Å². The van der Waals surface area contributed by atoms with Crippen LogP contribution in [0, 0.1) is 11.8 Å². The third-order valence-corrected chi connectivity index (χ3v) is 3.30. The molecule has 0 nitrogen and oxygen atoms in total. The van der Waals surface area contributed by atoms with Crippen molar-refractivity contribution >= 4 is 11.6 Å². The van der Waals surface area contributed by atoms with Gasteiger partial charge in [0.15, 0.2) is 0 Å². The molecule has 1 saturated carbocycles. The number of rotatable bonds is 1. The molecule has 0 heterocycles. The van der Waals surface area contributed by atoms with Gasteiger partial charge < -0.3 is 0 Å². The summed E-state index contributed by atoms with van der Waals surface area (Å²) in [6.07, 6.45) is 5.41. The van der Waals surface area contributed by atoms with E-state index in [1.54, 1.807) is 0 Å². The molecular formula is C10H19Cl. The third kappa shape index (κ3) is 2.66. The van der Waals surface area contributed by atoms with Crippen molar-refractivity contribution in [3.05, 3.63) is 0 Å². The van der Waals surface area contributed by atoms with E-state index in [0.29, 0.717) is 0 Å². The standard InChI is InChI=1S/C10H19Cl/c1-8-4-6-9(7-5-8)10(2,3)11/h8-9H,4-7H2,1-3H3. The maximum atomic E-state index is 6.26. The molecule has 0 bridgehead atoms. The molecule has 1 fully saturated rings. The molecule has 0 aromatic carbocycles. The fraction of sp³-hybridized carbons (Fsp3) is 1.00. The van der Waals surface area contributed by atoms with Crippen LogP contribution in [0.3, 0.4) is 0 Å². The summed E-state index contributed by atoms with van der Waals surface area (Å²) in [7, 11) is 0. The van der Waals surface area contributed by atoms with Crippen molar-refractivity contribution < 1.29 is 0 Å². The predicted molar refractivity (Wildman–Crippen MR) is 51.1 cm³/mol. The first-order valence-corrected chi connectivity index (χ1v) is 5.07. The molecule has 0 amide bonds. The number of halogens is 1. The average Bonchev–Trinajstić information content (AvgIpc) is 1.86. The van der Waals surface area contributed by atoms with Gasteiger partial charge in [-0.2, -0.15) is 0 Å². The molecule has 0 radical (unpaired) electrons. The van der Waals surface area contributed by atoms with Gasteiger partial charge in [-0.05, 0) is 38.5 Å². The van der Waals surface area contributed by atoms with E-state index in [1.165, 1.54) is 25.7 Å². The summed E-state index contributed by atoms with van der Waals surface area (Å²) >= 11 is 6.26. The van der Waals surface area contributed by atoms with E-state index in [4.69, 9.17) is 11.6 Å². The van der Waals surface area contributed by atoms with Crippen molar-refractivity contribution in [2.45, 2.75) is 51.3 Å². The zero-order valence-electron chi connectivity index (χ0n) is 7.86. The first kappa shape index (κ1) is 9.38. The van der Waals surface area contributed by atoms with Gasteiger partial charge in [0, 0.05) is 4.87 Å². The zero-order valence-corrected chi connectivity index (χ0v) is 8.62. The SMILES string of the molecule is CC1CCC(C(C)(C)Cl)CC1. The van der Waals surface area contributed by atoms with E-state index in [-0.39, 0.29) is 4.87 Å². The highest BCUT2D eigenvalue weighted by molar-refractivity contribution is 6.23. The molecule has 0 aliphatic heterocycles. The van der Waals surface area contributed by atoms with Crippen LogP contribution in [0.25, 0.3) is 0 Å². The summed E-state index contributed by atoms with van der Waals surface area (Å²) < 4.78 is 0. The van der Waals surface area contributed by atoms with Crippen molar-refractivity contribution in [1.82, 2.24) is 0 Å². The van der Waals surface area contributed by atoms with Gasteiger partial charge in [-0.3, -0.25) is 0 Å². The first-order valence-electron chi connectivity index (χ1n) is 4.69. The third-order valence-electron chi connectivity index (χ3n) is 2.99. The van der Waals surface area contributed by atoms with Crippen LogP contribution in [-0.4, -0.2) is 4.87 Å². The van der Waals surface area contributed by atoms with Gasteiger partial charge >= 0.3 is 0 Å². The highest BCUT2D eigenvalue weighted by Gasteiger charge is 2.29. The lowest BCUT2D eigenvalue weighted by molar-refractivity contribution is 0.249. The van der Waals surface area contributed by atoms with E-state index in [0.717, 1.165) is 11.8 Å². The van der Waals surface area contributed by atoms with Gasteiger partial charge in [-0.15, -0.1) is 11.6 Å². The lowest BCUT2D eigenvalue weighted by Crippen LogP contribution is -2.28. The lowest BCUT2D eigenvalue weighted by atomic mass is 9.77. The molecule has 1 heteroatoms. The monoisotopic (exact) mass is 174 g/mol. The van der Waals surface area contributed by atoms with E-state index in [1.807, 2.05) is 0 Å². The van der Waals surface area contributed by atoms with Crippen molar-refractivity contribution in [1.29, 1.82) is 0 Å². The molecule has 0 spiro atoms. The predicted octanol–water partition coefficient (Wildman–Crippen LogP) is 3.83. The summed E-state index contributed by atoms with van der Waals surface area (Å²) in [5.41, 5.74) is 0. The van der Waals surface area contributed by atoms with Crippen LogP contribution in [0.1, 0.15) is 46.5 Å². The molecule has 1 rings (SSSR count). The van der Waals surface area contributed by atoms with E-state index in [9.17, 15) is 0 Å². The zero-order chi connectivity index (χ0) is 8.48. The average molecular weight is 175 g/mol. The van der Waals surface area contributed by atoms with E-state index in [2.05, 4.69) is 20.8 Å². The molecule has 66 valence electrons. The molecule has 11 heavy (non-hydrogen) atoms.